The number of nitrogens with zero attached hydrogens (tertiary/aromatic N) is 3. The second-order valence-electron chi connectivity index (χ2n) is 3.02. The molecule has 6 heteroatoms. The van der Waals surface area contributed by atoms with Crippen molar-refractivity contribution >= 4 is 29.0 Å². The van der Waals surface area contributed by atoms with Crippen molar-refractivity contribution in [3.63, 3.8) is 0 Å². The van der Waals surface area contributed by atoms with E-state index in [4.69, 9.17) is 23.2 Å². The van der Waals surface area contributed by atoms with Gasteiger partial charge in [0.1, 0.15) is 11.0 Å². The summed E-state index contributed by atoms with van der Waals surface area (Å²) in [6, 6.07) is 7.18. The summed E-state index contributed by atoms with van der Waals surface area (Å²) < 4.78 is 0. The van der Waals surface area contributed by atoms with Gasteiger partial charge in [-0.2, -0.15) is 0 Å². The van der Waals surface area contributed by atoms with Crippen LogP contribution in [0.1, 0.15) is 5.69 Å². The van der Waals surface area contributed by atoms with Crippen molar-refractivity contribution in [1.82, 2.24) is 15.0 Å². The minimum atomic E-state index is 0.212. The highest BCUT2D eigenvalue weighted by atomic mass is 35.5. The molecule has 2 aromatic heterocycles. The van der Waals surface area contributed by atoms with Crippen LogP contribution in [0.5, 0.6) is 0 Å². The number of nitrogens with one attached hydrogen (secondary N) is 1. The molecule has 0 atom stereocenters. The Labute approximate surface area is 103 Å². The summed E-state index contributed by atoms with van der Waals surface area (Å²) >= 11 is 11.4. The molecule has 2 heterocycles. The first-order valence-corrected chi connectivity index (χ1v) is 5.33. The molecule has 0 saturated carbocycles. The highest BCUT2D eigenvalue weighted by Crippen LogP contribution is 2.09. The summed E-state index contributed by atoms with van der Waals surface area (Å²) in [6.07, 6.45) is 1.59. The van der Waals surface area contributed by atoms with E-state index in [1.807, 2.05) is 12.1 Å². The zero-order valence-corrected chi connectivity index (χ0v) is 9.70. The van der Waals surface area contributed by atoms with Crippen molar-refractivity contribution in [2.75, 3.05) is 5.32 Å². The van der Waals surface area contributed by atoms with E-state index in [2.05, 4.69) is 20.3 Å². The van der Waals surface area contributed by atoms with Crippen molar-refractivity contribution in [3.8, 4) is 0 Å². The lowest BCUT2D eigenvalue weighted by Crippen LogP contribution is -2.03. The largest absolute Gasteiger partial charge is 0.364 e. The lowest BCUT2D eigenvalue weighted by atomic mass is 10.3. The molecule has 0 saturated heterocycles. The molecule has 16 heavy (non-hydrogen) atoms. The van der Waals surface area contributed by atoms with E-state index >= 15 is 0 Å². The van der Waals surface area contributed by atoms with E-state index in [-0.39, 0.29) is 5.28 Å². The van der Waals surface area contributed by atoms with E-state index in [0.717, 1.165) is 5.69 Å². The van der Waals surface area contributed by atoms with Gasteiger partial charge in [0.25, 0.3) is 0 Å². The predicted molar refractivity (Wildman–Crippen MR) is 63.6 cm³/mol. The molecule has 0 aliphatic carbocycles. The Balaban J connectivity index is 2.02. The third-order valence-electron chi connectivity index (χ3n) is 1.85. The van der Waals surface area contributed by atoms with Crippen LogP contribution in [0, 0.1) is 0 Å². The topological polar surface area (TPSA) is 50.7 Å². The normalized spacial score (nSPS) is 10.1. The van der Waals surface area contributed by atoms with Crippen LogP contribution in [-0.4, -0.2) is 15.0 Å². The first kappa shape index (κ1) is 11.1. The molecule has 0 fully saturated rings. The zero-order valence-electron chi connectivity index (χ0n) is 8.19. The molecule has 2 aromatic rings. The van der Waals surface area contributed by atoms with Crippen LogP contribution < -0.4 is 5.32 Å². The van der Waals surface area contributed by atoms with E-state index in [0.29, 0.717) is 17.5 Å². The van der Waals surface area contributed by atoms with Gasteiger partial charge in [0.15, 0.2) is 0 Å². The van der Waals surface area contributed by atoms with E-state index in [9.17, 15) is 0 Å². The summed E-state index contributed by atoms with van der Waals surface area (Å²) in [5, 5.41) is 3.76. The fraction of sp³-hybridized carbons (Fsp3) is 0.100. The predicted octanol–water partition coefficient (Wildman–Crippen LogP) is 2.79. The Morgan fingerprint density at radius 3 is 2.75 bits per heavy atom. The number of aromatic nitrogens is 3. The summed E-state index contributed by atoms with van der Waals surface area (Å²) in [7, 11) is 0. The Bertz CT molecular complexity index is 444. The maximum Gasteiger partial charge on any atom is 0.224 e. The number of hydrogen-bond acceptors (Lipinski definition) is 4. The second-order valence-corrected chi connectivity index (χ2v) is 3.74. The number of pyridine rings is 1. The number of halogens is 2. The van der Waals surface area contributed by atoms with Crippen LogP contribution in [0.3, 0.4) is 0 Å². The monoisotopic (exact) mass is 254 g/mol. The van der Waals surface area contributed by atoms with E-state index in [1.165, 1.54) is 0 Å². The molecule has 0 aromatic carbocycles. The average Bonchev–Trinajstić information content (AvgIpc) is 2.27. The number of hydrogen-bond donors (Lipinski definition) is 1. The minimum Gasteiger partial charge on any atom is -0.364 e. The second kappa shape index (κ2) is 5.09. The van der Waals surface area contributed by atoms with Gasteiger partial charge in [0.2, 0.25) is 5.28 Å². The van der Waals surface area contributed by atoms with Crippen molar-refractivity contribution in [3.05, 3.63) is 46.6 Å². The van der Waals surface area contributed by atoms with Gasteiger partial charge in [-0.1, -0.05) is 17.7 Å². The zero-order chi connectivity index (χ0) is 11.4. The highest BCUT2D eigenvalue weighted by molar-refractivity contribution is 6.29. The molecule has 0 aliphatic heterocycles. The lowest BCUT2D eigenvalue weighted by molar-refractivity contribution is 1.02. The number of anilines is 1. The minimum absolute atomic E-state index is 0.212. The standard InChI is InChI=1S/C10H8Cl2N4/c11-8-3-1-2-7(15-8)6-14-9-4-5-13-10(12)16-9/h1-5H,6H2,(H,13,14,16). The number of rotatable bonds is 3. The Kier molecular flexibility index (Phi) is 3.54. The van der Waals surface area contributed by atoms with Crippen LogP contribution in [0.2, 0.25) is 10.4 Å². The van der Waals surface area contributed by atoms with Gasteiger partial charge >= 0.3 is 0 Å². The van der Waals surface area contributed by atoms with Crippen molar-refractivity contribution in [2.45, 2.75) is 6.54 Å². The van der Waals surface area contributed by atoms with Crippen molar-refractivity contribution in [2.24, 2.45) is 0 Å². The van der Waals surface area contributed by atoms with Gasteiger partial charge in [0.05, 0.1) is 12.2 Å². The maximum absolute atomic E-state index is 5.77. The third kappa shape index (κ3) is 3.05. The fourth-order valence-corrected chi connectivity index (χ4v) is 1.49. The van der Waals surface area contributed by atoms with E-state index in [1.54, 1.807) is 18.3 Å². The van der Waals surface area contributed by atoms with Crippen LogP contribution in [-0.2, 0) is 6.54 Å². The quantitative estimate of drug-likeness (QED) is 0.676. The smallest absolute Gasteiger partial charge is 0.224 e. The average molecular weight is 255 g/mol. The molecule has 82 valence electrons. The molecule has 0 spiro atoms. The van der Waals surface area contributed by atoms with Crippen molar-refractivity contribution in [1.29, 1.82) is 0 Å². The molecule has 2 rings (SSSR count). The summed E-state index contributed by atoms with van der Waals surface area (Å²) in [5.41, 5.74) is 0.835. The molecule has 4 nitrogen and oxygen atoms in total. The fourth-order valence-electron chi connectivity index (χ4n) is 1.16. The van der Waals surface area contributed by atoms with Gasteiger partial charge in [-0.05, 0) is 29.8 Å². The van der Waals surface area contributed by atoms with Crippen molar-refractivity contribution < 1.29 is 0 Å². The molecule has 0 unspecified atom stereocenters. The molecule has 1 N–H and O–H groups in total. The van der Waals surface area contributed by atoms with Crippen LogP contribution in [0.15, 0.2) is 30.5 Å². The van der Waals surface area contributed by atoms with Gasteiger partial charge < -0.3 is 5.32 Å². The third-order valence-corrected chi connectivity index (χ3v) is 2.24. The Hall–Kier alpha value is -1.39. The molecular formula is C10H8Cl2N4. The van der Waals surface area contributed by atoms with Gasteiger partial charge in [0, 0.05) is 6.20 Å². The van der Waals surface area contributed by atoms with Crippen LogP contribution in [0.25, 0.3) is 0 Å². The van der Waals surface area contributed by atoms with E-state index < -0.39 is 0 Å². The van der Waals surface area contributed by atoms with Crippen LogP contribution >= 0.6 is 23.2 Å². The molecule has 0 amide bonds. The Morgan fingerprint density at radius 1 is 1.12 bits per heavy atom. The molecule has 0 radical (unpaired) electrons. The van der Waals surface area contributed by atoms with Gasteiger partial charge in [-0.3, -0.25) is 0 Å². The molecule has 0 bridgehead atoms. The molecule has 0 aliphatic rings. The maximum atomic E-state index is 5.77. The first-order chi connectivity index (χ1) is 7.74. The first-order valence-electron chi connectivity index (χ1n) is 4.58. The lowest BCUT2D eigenvalue weighted by Gasteiger charge is -2.04. The summed E-state index contributed by atoms with van der Waals surface area (Å²) in [5.74, 6) is 0.654. The van der Waals surface area contributed by atoms with Gasteiger partial charge in [-0.15, -0.1) is 0 Å². The summed E-state index contributed by atoms with van der Waals surface area (Å²) in [6.45, 7) is 0.536. The van der Waals surface area contributed by atoms with Gasteiger partial charge in [-0.25, -0.2) is 15.0 Å². The highest BCUT2D eigenvalue weighted by Gasteiger charge is 1.98. The summed E-state index contributed by atoms with van der Waals surface area (Å²) in [4.78, 5) is 11.9. The molecular weight excluding hydrogens is 247 g/mol. The van der Waals surface area contributed by atoms with Crippen LogP contribution in [0.4, 0.5) is 5.82 Å². The SMILES string of the molecule is Clc1cccc(CNc2ccnc(Cl)n2)n1. The Morgan fingerprint density at radius 2 is 2.00 bits per heavy atom.